The highest BCUT2D eigenvalue weighted by Gasteiger charge is 2.03. The molecular formula is C12H15NO2. The molecule has 1 aromatic carbocycles. The van der Waals surface area contributed by atoms with E-state index in [0.717, 1.165) is 36.1 Å². The molecule has 0 saturated heterocycles. The number of hydrogen-bond acceptors (Lipinski definition) is 3. The number of aryl methyl sites for hydroxylation is 1. The van der Waals surface area contributed by atoms with E-state index >= 15 is 0 Å². The van der Waals surface area contributed by atoms with Crippen molar-refractivity contribution in [1.29, 1.82) is 0 Å². The molecule has 3 heteroatoms. The molecule has 0 aliphatic rings. The van der Waals surface area contributed by atoms with Crippen LogP contribution in [0.4, 0.5) is 0 Å². The van der Waals surface area contributed by atoms with E-state index in [2.05, 4.69) is 5.32 Å². The zero-order chi connectivity index (χ0) is 10.7. The number of rotatable bonds is 4. The van der Waals surface area contributed by atoms with Gasteiger partial charge in [0.05, 0.1) is 0 Å². The van der Waals surface area contributed by atoms with E-state index in [9.17, 15) is 5.11 Å². The van der Waals surface area contributed by atoms with Gasteiger partial charge in [-0.05, 0) is 38.2 Å². The van der Waals surface area contributed by atoms with Crippen molar-refractivity contribution in [3.8, 4) is 5.75 Å². The highest BCUT2D eigenvalue weighted by atomic mass is 16.3. The van der Waals surface area contributed by atoms with Gasteiger partial charge in [0, 0.05) is 17.9 Å². The summed E-state index contributed by atoms with van der Waals surface area (Å²) >= 11 is 0. The lowest BCUT2D eigenvalue weighted by molar-refractivity contribution is 0.473. The summed E-state index contributed by atoms with van der Waals surface area (Å²) in [5.74, 6) is 1.23. The second kappa shape index (κ2) is 4.36. The van der Waals surface area contributed by atoms with Crippen molar-refractivity contribution in [1.82, 2.24) is 5.32 Å². The van der Waals surface area contributed by atoms with Gasteiger partial charge in [-0.15, -0.1) is 0 Å². The molecule has 15 heavy (non-hydrogen) atoms. The van der Waals surface area contributed by atoms with Gasteiger partial charge in [-0.1, -0.05) is 0 Å². The van der Waals surface area contributed by atoms with Crippen LogP contribution in [0.5, 0.6) is 5.75 Å². The van der Waals surface area contributed by atoms with Gasteiger partial charge in [0.2, 0.25) is 0 Å². The predicted molar refractivity (Wildman–Crippen MR) is 60.1 cm³/mol. The molecule has 2 aromatic rings. The SMILES string of the molecule is CNCCCc1cc2ccc(O)cc2o1. The van der Waals surface area contributed by atoms with E-state index in [4.69, 9.17) is 4.42 Å². The molecule has 0 fully saturated rings. The first-order chi connectivity index (χ1) is 7.29. The summed E-state index contributed by atoms with van der Waals surface area (Å²) in [5.41, 5.74) is 0.759. The summed E-state index contributed by atoms with van der Waals surface area (Å²) in [6, 6.07) is 7.23. The lowest BCUT2D eigenvalue weighted by Crippen LogP contribution is -2.07. The third kappa shape index (κ3) is 2.30. The van der Waals surface area contributed by atoms with Crippen molar-refractivity contribution in [2.24, 2.45) is 0 Å². The highest BCUT2D eigenvalue weighted by Crippen LogP contribution is 2.23. The molecule has 0 atom stereocenters. The van der Waals surface area contributed by atoms with Crippen molar-refractivity contribution in [2.45, 2.75) is 12.8 Å². The topological polar surface area (TPSA) is 45.4 Å². The monoisotopic (exact) mass is 205 g/mol. The van der Waals surface area contributed by atoms with Crippen molar-refractivity contribution in [3.05, 3.63) is 30.0 Å². The first-order valence-electron chi connectivity index (χ1n) is 5.15. The van der Waals surface area contributed by atoms with E-state index < -0.39 is 0 Å². The molecular weight excluding hydrogens is 190 g/mol. The lowest BCUT2D eigenvalue weighted by atomic mass is 10.2. The van der Waals surface area contributed by atoms with Crippen molar-refractivity contribution >= 4 is 11.0 Å². The quantitative estimate of drug-likeness (QED) is 0.753. The Morgan fingerprint density at radius 2 is 2.20 bits per heavy atom. The van der Waals surface area contributed by atoms with Crippen LogP contribution in [0.15, 0.2) is 28.7 Å². The molecule has 0 saturated carbocycles. The Hall–Kier alpha value is -1.48. The Morgan fingerprint density at radius 3 is 3.00 bits per heavy atom. The molecule has 1 aromatic heterocycles. The molecule has 3 nitrogen and oxygen atoms in total. The number of phenols is 1. The van der Waals surface area contributed by atoms with Gasteiger partial charge in [0.1, 0.15) is 17.1 Å². The first kappa shape index (κ1) is 10.1. The van der Waals surface area contributed by atoms with E-state index in [-0.39, 0.29) is 5.75 Å². The van der Waals surface area contributed by atoms with Gasteiger partial charge >= 0.3 is 0 Å². The second-order valence-electron chi connectivity index (χ2n) is 3.64. The first-order valence-corrected chi connectivity index (χ1v) is 5.15. The molecule has 2 N–H and O–H groups in total. The maximum Gasteiger partial charge on any atom is 0.137 e. The van der Waals surface area contributed by atoms with E-state index in [0.29, 0.717) is 0 Å². The molecule has 0 radical (unpaired) electrons. The fraction of sp³-hybridized carbons (Fsp3) is 0.333. The summed E-state index contributed by atoms with van der Waals surface area (Å²) in [7, 11) is 1.94. The lowest BCUT2D eigenvalue weighted by Gasteiger charge is -1.95. The molecule has 0 amide bonds. The van der Waals surface area contributed by atoms with E-state index in [1.165, 1.54) is 0 Å². The van der Waals surface area contributed by atoms with Gasteiger partial charge in [-0.2, -0.15) is 0 Å². The summed E-state index contributed by atoms with van der Waals surface area (Å²) in [6.07, 6.45) is 1.98. The smallest absolute Gasteiger partial charge is 0.137 e. The minimum absolute atomic E-state index is 0.249. The van der Waals surface area contributed by atoms with Crippen LogP contribution < -0.4 is 5.32 Å². The van der Waals surface area contributed by atoms with Gasteiger partial charge < -0.3 is 14.8 Å². The molecule has 0 unspecified atom stereocenters. The highest BCUT2D eigenvalue weighted by molar-refractivity contribution is 5.79. The standard InChI is InChI=1S/C12H15NO2/c1-13-6-2-3-11-7-9-4-5-10(14)8-12(9)15-11/h4-5,7-8,13-14H,2-3,6H2,1H3. The summed E-state index contributed by atoms with van der Waals surface area (Å²) in [4.78, 5) is 0. The van der Waals surface area contributed by atoms with E-state index in [1.54, 1.807) is 12.1 Å². The van der Waals surface area contributed by atoms with E-state index in [1.807, 2.05) is 19.2 Å². The molecule has 2 rings (SSSR count). The number of fused-ring (bicyclic) bond motifs is 1. The van der Waals surface area contributed by atoms with Crippen LogP contribution in [-0.2, 0) is 6.42 Å². The van der Waals surface area contributed by atoms with Crippen molar-refractivity contribution in [2.75, 3.05) is 13.6 Å². The Morgan fingerprint density at radius 1 is 1.33 bits per heavy atom. The maximum absolute atomic E-state index is 9.28. The summed E-state index contributed by atoms with van der Waals surface area (Å²) in [5, 5.41) is 13.4. The predicted octanol–water partition coefficient (Wildman–Crippen LogP) is 2.29. The number of furan rings is 1. The average molecular weight is 205 g/mol. The Kier molecular flexibility index (Phi) is 2.92. The fourth-order valence-electron chi connectivity index (χ4n) is 1.64. The maximum atomic E-state index is 9.28. The van der Waals surface area contributed by atoms with Crippen LogP contribution in [0.2, 0.25) is 0 Å². The fourth-order valence-corrected chi connectivity index (χ4v) is 1.64. The number of phenolic OH excluding ortho intramolecular Hbond substituents is 1. The number of benzene rings is 1. The largest absolute Gasteiger partial charge is 0.508 e. The van der Waals surface area contributed by atoms with Gasteiger partial charge in [-0.25, -0.2) is 0 Å². The van der Waals surface area contributed by atoms with Gasteiger partial charge in [0.25, 0.3) is 0 Å². The minimum atomic E-state index is 0.249. The number of hydrogen-bond donors (Lipinski definition) is 2. The van der Waals surface area contributed by atoms with Crippen LogP contribution in [0, 0.1) is 0 Å². The Balaban J connectivity index is 2.16. The van der Waals surface area contributed by atoms with Crippen LogP contribution in [-0.4, -0.2) is 18.7 Å². The molecule has 80 valence electrons. The zero-order valence-corrected chi connectivity index (χ0v) is 8.79. The normalized spacial score (nSPS) is 11.0. The van der Waals surface area contributed by atoms with Crippen LogP contribution in [0.25, 0.3) is 11.0 Å². The van der Waals surface area contributed by atoms with Crippen molar-refractivity contribution in [3.63, 3.8) is 0 Å². The molecule has 0 spiro atoms. The average Bonchev–Trinajstić information content (AvgIpc) is 2.60. The minimum Gasteiger partial charge on any atom is -0.508 e. The second-order valence-corrected chi connectivity index (χ2v) is 3.64. The van der Waals surface area contributed by atoms with Crippen LogP contribution >= 0.6 is 0 Å². The molecule has 1 heterocycles. The summed E-state index contributed by atoms with van der Waals surface area (Å²) in [6.45, 7) is 0.988. The number of aromatic hydroxyl groups is 1. The Labute approximate surface area is 88.7 Å². The molecule has 0 aliphatic heterocycles. The third-order valence-electron chi connectivity index (χ3n) is 2.40. The Bertz CT molecular complexity index is 448. The molecule has 0 bridgehead atoms. The van der Waals surface area contributed by atoms with Crippen LogP contribution in [0.1, 0.15) is 12.2 Å². The van der Waals surface area contributed by atoms with Gasteiger partial charge in [-0.3, -0.25) is 0 Å². The zero-order valence-electron chi connectivity index (χ0n) is 8.79. The summed E-state index contributed by atoms with van der Waals surface area (Å²) < 4.78 is 5.61. The van der Waals surface area contributed by atoms with Crippen molar-refractivity contribution < 1.29 is 9.52 Å². The number of nitrogens with one attached hydrogen (secondary N) is 1. The van der Waals surface area contributed by atoms with Gasteiger partial charge in [0.15, 0.2) is 0 Å². The third-order valence-corrected chi connectivity index (χ3v) is 2.40. The van der Waals surface area contributed by atoms with Crippen LogP contribution in [0.3, 0.4) is 0 Å². The molecule has 0 aliphatic carbocycles.